The molecule has 1 aromatic rings. The first-order valence-electron chi connectivity index (χ1n) is 5.89. The second kappa shape index (κ2) is 4.78. The van der Waals surface area contributed by atoms with Crippen LogP contribution in [-0.2, 0) is 7.05 Å². The molecule has 1 N–H and O–H groups in total. The van der Waals surface area contributed by atoms with Crippen molar-refractivity contribution in [1.29, 1.82) is 0 Å². The molecule has 4 heteroatoms. The van der Waals surface area contributed by atoms with E-state index >= 15 is 0 Å². The molecule has 0 aromatic carbocycles. The summed E-state index contributed by atoms with van der Waals surface area (Å²) in [5.74, 6) is 0.246. The molecular formula is C12H18N2O2. The lowest BCUT2D eigenvalue weighted by Crippen LogP contribution is -2.32. The van der Waals surface area contributed by atoms with Crippen LogP contribution in [-0.4, -0.2) is 26.5 Å². The van der Waals surface area contributed by atoms with Crippen molar-refractivity contribution in [3.63, 3.8) is 0 Å². The van der Waals surface area contributed by atoms with E-state index in [1.165, 1.54) is 6.42 Å². The number of rotatable bonds is 3. The van der Waals surface area contributed by atoms with Crippen molar-refractivity contribution in [3.05, 3.63) is 18.2 Å². The van der Waals surface area contributed by atoms with Crippen molar-refractivity contribution in [1.82, 2.24) is 9.55 Å². The van der Waals surface area contributed by atoms with Gasteiger partial charge in [-0.1, -0.05) is 19.3 Å². The normalized spacial score (nSPS) is 19.6. The van der Waals surface area contributed by atoms with Gasteiger partial charge in [-0.25, -0.2) is 4.98 Å². The van der Waals surface area contributed by atoms with Gasteiger partial charge in [0.15, 0.2) is 5.82 Å². The van der Waals surface area contributed by atoms with Gasteiger partial charge in [0, 0.05) is 19.4 Å². The lowest BCUT2D eigenvalue weighted by molar-refractivity contribution is 0.0521. The lowest BCUT2D eigenvalue weighted by atomic mass is 9.83. The third kappa shape index (κ3) is 2.16. The van der Waals surface area contributed by atoms with Crippen LogP contribution in [0, 0.1) is 5.92 Å². The number of hydrogen-bond donors (Lipinski definition) is 1. The molecule has 0 saturated heterocycles. The predicted octanol–water partition coefficient (Wildman–Crippen LogP) is 1.54. The molecule has 1 atom stereocenters. The van der Waals surface area contributed by atoms with Crippen molar-refractivity contribution in [2.45, 2.75) is 38.2 Å². The molecule has 1 aliphatic rings. The molecule has 0 radical (unpaired) electrons. The highest BCUT2D eigenvalue weighted by Crippen LogP contribution is 2.27. The molecule has 1 fully saturated rings. The van der Waals surface area contributed by atoms with E-state index in [0.29, 0.717) is 5.82 Å². The fraction of sp³-hybridized carbons (Fsp3) is 0.667. The monoisotopic (exact) mass is 222 g/mol. The molecule has 0 aliphatic heterocycles. The number of aromatic nitrogens is 2. The summed E-state index contributed by atoms with van der Waals surface area (Å²) in [5, 5.41) is 10.0. The third-order valence-electron chi connectivity index (χ3n) is 3.41. The number of carbonyl (C=O) groups excluding carboxylic acids is 1. The van der Waals surface area contributed by atoms with Crippen molar-refractivity contribution < 1.29 is 9.90 Å². The van der Waals surface area contributed by atoms with E-state index in [1.54, 1.807) is 24.0 Å². The van der Waals surface area contributed by atoms with Crippen LogP contribution >= 0.6 is 0 Å². The molecule has 2 rings (SSSR count). The minimum Gasteiger partial charge on any atom is -0.385 e. The first-order valence-corrected chi connectivity index (χ1v) is 5.89. The first-order chi connectivity index (χ1) is 7.70. The van der Waals surface area contributed by atoms with Crippen molar-refractivity contribution in [2.24, 2.45) is 13.0 Å². The smallest absolute Gasteiger partial charge is 0.226 e. The Hall–Kier alpha value is -1.16. The summed E-state index contributed by atoms with van der Waals surface area (Å²) in [6, 6.07) is 0. The molecule has 1 saturated carbocycles. The van der Waals surface area contributed by atoms with E-state index in [9.17, 15) is 9.90 Å². The van der Waals surface area contributed by atoms with E-state index in [4.69, 9.17) is 0 Å². The molecule has 1 aromatic heterocycles. The topological polar surface area (TPSA) is 55.1 Å². The SMILES string of the molecule is Cn1ccnc1C(=O)C(O)C1CCCCC1. The predicted molar refractivity (Wildman–Crippen MR) is 60.1 cm³/mol. The number of hydrogen-bond acceptors (Lipinski definition) is 3. The maximum atomic E-state index is 12.0. The fourth-order valence-electron chi connectivity index (χ4n) is 2.40. The Labute approximate surface area is 95.3 Å². The van der Waals surface area contributed by atoms with Gasteiger partial charge in [0.1, 0.15) is 6.10 Å². The average molecular weight is 222 g/mol. The van der Waals surface area contributed by atoms with Gasteiger partial charge in [-0.05, 0) is 18.8 Å². The zero-order valence-corrected chi connectivity index (χ0v) is 9.59. The van der Waals surface area contributed by atoms with Crippen LogP contribution in [0.1, 0.15) is 42.7 Å². The number of Topliss-reactive ketones (excluding diaryl/α,β-unsaturated/α-hetero) is 1. The van der Waals surface area contributed by atoms with Gasteiger partial charge in [-0.2, -0.15) is 0 Å². The number of aliphatic hydroxyl groups excluding tert-OH is 1. The molecule has 1 aliphatic carbocycles. The standard InChI is InChI=1S/C12H18N2O2/c1-14-8-7-13-12(14)11(16)10(15)9-5-3-2-4-6-9/h7-10,15H,2-6H2,1H3. The molecule has 4 nitrogen and oxygen atoms in total. The van der Waals surface area contributed by atoms with Gasteiger partial charge in [-0.3, -0.25) is 4.79 Å². The quantitative estimate of drug-likeness (QED) is 0.789. The number of ketones is 1. The highest BCUT2D eigenvalue weighted by atomic mass is 16.3. The summed E-state index contributed by atoms with van der Waals surface area (Å²) in [7, 11) is 1.77. The van der Waals surface area contributed by atoms with E-state index in [-0.39, 0.29) is 11.7 Å². The highest BCUT2D eigenvalue weighted by Gasteiger charge is 2.29. The van der Waals surface area contributed by atoms with Crippen molar-refractivity contribution in [2.75, 3.05) is 0 Å². The van der Waals surface area contributed by atoms with Crippen LogP contribution in [0.4, 0.5) is 0 Å². The molecule has 16 heavy (non-hydrogen) atoms. The van der Waals surface area contributed by atoms with Gasteiger partial charge >= 0.3 is 0 Å². The maximum absolute atomic E-state index is 12.0. The summed E-state index contributed by atoms with van der Waals surface area (Å²) in [6.07, 6.45) is 7.81. The summed E-state index contributed by atoms with van der Waals surface area (Å²) < 4.78 is 1.66. The summed E-state index contributed by atoms with van der Waals surface area (Å²) >= 11 is 0. The van der Waals surface area contributed by atoms with Crippen molar-refractivity contribution in [3.8, 4) is 0 Å². The Bertz CT molecular complexity index is 367. The van der Waals surface area contributed by atoms with Gasteiger partial charge in [0.2, 0.25) is 5.78 Å². The van der Waals surface area contributed by atoms with Crippen LogP contribution < -0.4 is 0 Å². The third-order valence-corrected chi connectivity index (χ3v) is 3.41. The first kappa shape index (κ1) is 11.3. The zero-order valence-electron chi connectivity index (χ0n) is 9.59. The van der Waals surface area contributed by atoms with Crippen LogP contribution in [0.2, 0.25) is 0 Å². The number of imidazole rings is 1. The molecule has 88 valence electrons. The molecule has 1 unspecified atom stereocenters. The number of aryl methyl sites for hydroxylation is 1. The summed E-state index contributed by atoms with van der Waals surface area (Å²) in [4.78, 5) is 16.0. The lowest BCUT2D eigenvalue weighted by Gasteiger charge is -2.25. The molecule has 0 bridgehead atoms. The fourth-order valence-corrected chi connectivity index (χ4v) is 2.40. The molecular weight excluding hydrogens is 204 g/mol. The number of nitrogens with zero attached hydrogens (tertiary/aromatic N) is 2. The van der Waals surface area contributed by atoms with E-state index < -0.39 is 6.10 Å². The second-order valence-corrected chi connectivity index (χ2v) is 4.57. The van der Waals surface area contributed by atoms with Gasteiger partial charge in [0.25, 0.3) is 0 Å². The zero-order chi connectivity index (χ0) is 11.5. The van der Waals surface area contributed by atoms with Crippen LogP contribution in [0.3, 0.4) is 0 Å². The average Bonchev–Trinajstić information content (AvgIpc) is 2.75. The second-order valence-electron chi connectivity index (χ2n) is 4.57. The molecule has 1 heterocycles. The van der Waals surface area contributed by atoms with Gasteiger partial charge in [0.05, 0.1) is 0 Å². The Kier molecular flexibility index (Phi) is 3.39. The van der Waals surface area contributed by atoms with Gasteiger partial charge < -0.3 is 9.67 Å². The Balaban J connectivity index is 2.06. The summed E-state index contributed by atoms with van der Waals surface area (Å²) in [5.41, 5.74) is 0. The van der Waals surface area contributed by atoms with Crippen molar-refractivity contribution >= 4 is 5.78 Å². The number of carbonyl (C=O) groups is 1. The maximum Gasteiger partial charge on any atom is 0.226 e. The minimum atomic E-state index is -0.874. The van der Waals surface area contributed by atoms with Crippen LogP contribution in [0.25, 0.3) is 0 Å². The highest BCUT2D eigenvalue weighted by molar-refractivity contribution is 5.96. The number of aliphatic hydroxyl groups is 1. The minimum absolute atomic E-state index is 0.123. The Morgan fingerprint density at radius 2 is 2.19 bits per heavy atom. The molecule has 0 spiro atoms. The molecule has 0 amide bonds. The van der Waals surface area contributed by atoms with Crippen LogP contribution in [0.15, 0.2) is 12.4 Å². The van der Waals surface area contributed by atoms with Gasteiger partial charge in [-0.15, -0.1) is 0 Å². The van der Waals surface area contributed by atoms with E-state index in [1.807, 2.05) is 0 Å². The Morgan fingerprint density at radius 3 is 2.75 bits per heavy atom. The van der Waals surface area contributed by atoms with E-state index in [0.717, 1.165) is 25.7 Å². The van der Waals surface area contributed by atoms with E-state index in [2.05, 4.69) is 4.98 Å². The largest absolute Gasteiger partial charge is 0.385 e. The Morgan fingerprint density at radius 1 is 1.50 bits per heavy atom. The summed E-state index contributed by atoms with van der Waals surface area (Å²) in [6.45, 7) is 0. The van der Waals surface area contributed by atoms with Crippen LogP contribution in [0.5, 0.6) is 0 Å².